The molecule has 5 aromatic rings. The minimum atomic E-state index is -2.76. The number of benzene rings is 2. The van der Waals surface area contributed by atoms with Crippen molar-refractivity contribution < 1.29 is 9.11 Å². The van der Waals surface area contributed by atoms with Crippen molar-refractivity contribution in [2.24, 2.45) is 0 Å². The number of aromatic nitrogens is 6. The molecule has 0 aliphatic rings. The number of fused-ring (bicyclic) bond motifs is 1. The van der Waals surface area contributed by atoms with Gasteiger partial charge in [0.1, 0.15) is 0 Å². The van der Waals surface area contributed by atoms with E-state index in [4.69, 9.17) is 5.10 Å². The minimum Gasteiger partial charge on any atom is -0.295 e. The van der Waals surface area contributed by atoms with Crippen molar-refractivity contribution in [1.82, 2.24) is 29.5 Å². The Hall–Kier alpha value is -3.53. The van der Waals surface area contributed by atoms with E-state index in [9.17, 15) is 9.11 Å². The summed E-state index contributed by atoms with van der Waals surface area (Å²) in [4.78, 5) is 9.23. The predicted molar refractivity (Wildman–Crippen MR) is 126 cm³/mol. The van der Waals surface area contributed by atoms with E-state index in [1.54, 1.807) is 41.5 Å². The molecule has 9 heteroatoms. The summed E-state index contributed by atoms with van der Waals surface area (Å²) in [7, 11) is -2.76. The van der Waals surface area contributed by atoms with Crippen molar-refractivity contribution in [2.75, 3.05) is 6.26 Å². The van der Waals surface area contributed by atoms with Crippen molar-refractivity contribution >= 4 is 21.5 Å². The summed E-state index contributed by atoms with van der Waals surface area (Å²) in [6.07, 6.45) is 7.37. The Morgan fingerprint density at radius 2 is 1.66 bits per heavy atom. The number of hydrogen-bond acceptors (Lipinski definition) is 6. The van der Waals surface area contributed by atoms with E-state index in [1.165, 1.54) is 6.26 Å². The quantitative estimate of drug-likeness (QED) is 0.395. The molecule has 2 aromatic carbocycles. The maximum absolute atomic E-state index is 9.88. The molecule has 0 aliphatic heterocycles. The fraction of sp³-hybridized carbons (Fsp3) is 0.130. The number of nitrogens with zero attached hydrogens (tertiary/aromatic N) is 6. The standard InChI is InChI=1S/C23H22N6O2S/c1-3-20-19-10-5-16(15-22(19)29(27-20)23-24-12-4-13-25-23)21-11-14-26-28(21)17-6-8-18(9-7-17)32(2,30)31/h4-15,30-31H,3H2,1-2H3. The van der Waals surface area contributed by atoms with Gasteiger partial charge in [0.2, 0.25) is 0 Å². The first-order valence-corrected chi connectivity index (χ1v) is 12.1. The van der Waals surface area contributed by atoms with Gasteiger partial charge in [-0.1, -0.05) is 19.1 Å². The molecule has 2 N–H and O–H groups in total. The van der Waals surface area contributed by atoms with Crippen LogP contribution >= 0.6 is 10.6 Å². The van der Waals surface area contributed by atoms with Gasteiger partial charge in [-0.25, -0.2) is 14.6 Å². The second kappa shape index (κ2) is 7.86. The van der Waals surface area contributed by atoms with Crippen LogP contribution in [0.3, 0.4) is 0 Å². The van der Waals surface area contributed by atoms with Crippen molar-refractivity contribution in [3.05, 3.63) is 78.9 Å². The van der Waals surface area contributed by atoms with E-state index in [0.717, 1.165) is 40.0 Å². The Balaban J connectivity index is 1.62. The Morgan fingerprint density at radius 1 is 0.906 bits per heavy atom. The molecule has 0 saturated carbocycles. The molecule has 0 saturated heterocycles. The lowest BCUT2D eigenvalue weighted by molar-refractivity contribution is 0.495. The fourth-order valence-electron chi connectivity index (χ4n) is 3.73. The van der Waals surface area contributed by atoms with E-state index in [0.29, 0.717) is 10.8 Å². The molecule has 0 fully saturated rings. The molecular formula is C23H22N6O2S. The second-order valence-corrected chi connectivity index (χ2v) is 9.59. The number of aryl methyl sites for hydroxylation is 1. The molecule has 0 aliphatic carbocycles. The molecule has 3 aromatic heterocycles. The molecule has 0 bridgehead atoms. The molecule has 162 valence electrons. The monoisotopic (exact) mass is 446 g/mol. The first-order chi connectivity index (χ1) is 15.5. The lowest BCUT2D eigenvalue weighted by Gasteiger charge is -2.26. The van der Waals surface area contributed by atoms with E-state index in [2.05, 4.69) is 40.2 Å². The summed E-state index contributed by atoms with van der Waals surface area (Å²) in [6.45, 7) is 2.08. The van der Waals surface area contributed by atoms with Crippen molar-refractivity contribution in [1.29, 1.82) is 0 Å². The van der Waals surface area contributed by atoms with Gasteiger partial charge in [0.05, 0.1) is 33.7 Å². The summed E-state index contributed by atoms with van der Waals surface area (Å²) in [5.41, 5.74) is 4.61. The lowest BCUT2D eigenvalue weighted by atomic mass is 10.1. The smallest absolute Gasteiger partial charge is 0.251 e. The molecule has 8 nitrogen and oxygen atoms in total. The highest BCUT2D eigenvalue weighted by Gasteiger charge is 2.16. The van der Waals surface area contributed by atoms with Gasteiger partial charge < -0.3 is 0 Å². The fourth-order valence-corrected chi connectivity index (χ4v) is 4.38. The highest BCUT2D eigenvalue weighted by molar-refractivity contribution is 8.23. The van der Waals surface area contributed by atoms with Crippen LogP contribution in [-0.4, -0.2) is 44.9 Å². The predicted octanol–water partition coefficient (Wildman–Crippen LogP) is 4.97. The van der Waals surface area contributed by atoms with Gasteiger partial charge in [-0.3, -0.25) is 9.11 Å². The first-order valence-electron chi connectivity index (χ1n) is 10.1. The van der Waals surface area contributed by atoms with E-state index < -0.39 is 10.6 Å². The van der Waals surface area contributed by atoms with Crippen LogP contribution in [0.5, 0.6) is 0 Å². The van der Waals surface area contributed by atoms with Gasteiger partial charge >= 0.3 is 0 Å². The Morgan fingerprint density at radius 3 is 2.34 bits per heavy atom. The van der Waals surface area contributed by atoms with Crippen molar-refractivity contribution in [3.63, 3.8) is 0 Å². The molecule has 0 atom stereocenters. The molecule has 3 heterocycles. The number of rotatable bonds is 5. The van der Waals surface area contributed by atoms with Crippen LogP contribution in [0, 0.1) is 0 Å². The van der Waals surface area contributed by atoms with E-state index >= 15 is 0 Å². The van der Waals surface area contributed by atoms with Gasteiger partial charge in [-0.2, -0.15) is 25.5 Å². The number of hydrogen-bond donors (Lipinski definition) is 2. The maximum Gasteiger partial charge on any atom is 0.251 e. The van der Waals surface area contributed by atoms with Gasteiger partial charge in [0, 0.05) is 29.6 Å². The van der Waals surface area contributed by atoms with Crippen LogP contribution in [0.1, 0.15) is 12.6 Å². The third-order valence-electron chi connectivity index (χ3n) is 5.30. The van der Waals surface area contributed by atoms with Crippen molar-refractivity contribution in [2.45, 2.75) is 18.2 Å². The molecule has 0 unspecified atom stereocenters. The van der Waals surface area contributed by atoms with Crippen LogP contribution in [0.4, 0.5) is 0 Å². The lowest BCUT2D eigenvalue weighted by Crippen LogP contribution is -2.03. The zero-order valence-corrected chi connectivity index (χ0v) is 18.4. The molecule has 0 spiro atoms. The minimum absolute atomic E-state index is 0.496. The summed E-state index contributed by atoms with van der Waals surface area (Å²) < 4.78 is 23.4. The zero-order chi connectivity index (χ0) is 22.3. The summed E-state index contributed by atoms with van der Waals surface area (Å²) in [5, 5.41) is 10.3. The Bertz CT molecular complexity index is 1390. The molecular weight excluding hydrogens is 424 g/mol. The van der Waals surface area contributed by atoms with Gasteiger partial charge in [-0.05, 0) is 48.9 Å². The summed E-state index contributed by atoms with van der Waals surface area (Å²) in [6, 6.07) is 17.0. The van der Waals surface area contributed by atoms with Crippen molar-refractivity contribution in [3.8, 4) is 22.9 Å². The Labute approximate surface area is 186 Å². The molecule has 32 heavy (non-hydrogen) atoms. The van der Waals surface area contributed by atoms with Crippen LogP contribution < -0.4 is 0 Å². The Kier molecular flexibility index (Phi) is 5.01. The molecule has 5 rings (SSSR count). The van der Waals surface area contributed by atoms with E-state index in [1.807, 2.05) is 22.9 Å². The van der Waals surface area contributed by atoms with Gasteiger partial charge in [0.15, 0.2) is 0 Å². The maximum atomic E-state index is 9.88. The SMILES string of the molecule is CCc1nn(-c2ncccn2)c2cc(-c3ccnn3-c3ccc(S(C)(O)O)cc3)ccc12. The topological polar surface area (TPSA) is 102 Å². The first kappa shape index (κ1) is 20.4. The van der Waals surface area contributed by atoms with Crippen LogP contribution in [-0.2, 0) is 6.42 Å². The molecule has 0 amide bonds. The average Bonchev–Trinajstić information content (AvgIpc) is 3.44. The van der Waals surface area contributed by atoms with E-state index in [-0.39, 0.29) is 0 Å². The second-order valence-electron chi connectivity index (χ2n) is 7.45. The van der Waals surface area contributed by atoms with Gasteiger partial charge in [0.25, 0.3) is 5.95 Å². The summed E-state index contributed by atoms with van der Waals surface area (Å²) in [5.74, 6) is 0.525. The largest absolute Gasteiger partial charge is 0.295 e. The highest BCUT2D eigenvalue weighted by Crippen LogP contribution is 2.44. The van der Waals surface area contributed by atoms with Crippen LogP contribution in [0.25, 0.3) is 33.8 Å². The normalized spacial score (nSPS) is 12.4. The third-order valence-corrected chi connectivity index (χ3v) is 6.47. The molecule has 0 radical (unpaired) electrons. The van der Waals surface area contributed by atoms with Crippen LogP contribution in [0.2, 0.25) is 0 Å². The van der Waals surface area contributed by atoms with Gasteiger partial charge in [-0.15, -0.1) is 0 Å². The highest BCUT2D eigenvalue weighted by atomic mass is 32.3. The third kappa shape index (κ3) is 3.56. The van der Waals surface area contributed by atoms with Crippen LogP contribution in [0.15, 0.2) is 78.1 Å². The summed E-state index contributed by atoms with van der Waals surface area (Å²) >= 11 is 0. The zero-order valence-electron chi connectivity index (χ0n) is 17.6. The average molecular weight is 447 g/mol.